The molecule has 1 aromatic carbocycles. The summed E-state index contributed by atoms with van der Waals surface area (Å²) in [7, 11) is 0. The second kappa shape index (κ2) is 7.76. The maximum atomic E-state index is 12.1. The molecule has 3 aromatic rings. The van der Waals surface area contributed by atoms with Gasteiger partial charge in [-0.15, -0.1) is 10.2 Å². The summed E-state index contributed by atoms with van der Waals surface area (Å²) in [4.78, 5) is 12.1. The molecule has 6 nitrogen and oxygen atoms in total. The van der Waals surface area contributed by atoms with Crippen molar-refractivity contribution in [2.24, 2.45) is 0 Å². The van der Waals surface area contributed by atoms with Crippen LogP contribution in [0.25, 0.3) is 11.4 Å². The van der Waals surface area contributed by atoms with Crippen LogP contribution in [-0.2, 0) is 11.3 Å². The highest BCUT2D eigenvalue weighted by Crippen LogP contribution is 2.27. The molecule has 3 rings (SSSR count). The molecule has 0 saturated carbocycles. The van der Waals surface area contributed by atoms with Crippen molar-refractivity contribution in [3.63, 3.8) is 0 Å². The first-order chi connectivity index (χ1) is 12.1. The van der Waals surface area contributed by atoms with E-state index >= 15 is 0 Å². The van der Waals surface area contributed by atoms with Crippen LogP contribution in [0.2, 0.25) is 5.02 Å². The number of nitrogens with one attached hydrogen (secondary N) is 1. The SMILES string of the molecule is CCn1c(SCC(=O)Nc2cccc(Cl)c2)nnc1-c1ccoc1C. The van der Waals surface area contributed by atoms with Crippen LogP contribution in [-0.4, -0.2) is 26.4 Å². The predicted octanol–water partition coefficient (Wildman–Crippen LogP) is 4.25. The number of aromatic nitrogens is 3. The Kier molecular flexibility index (Phi) is 5.45. The molecule has 0 spiro atoms. The van der Waals surface area contributed by atoms with E-state index in [9.17, 15) is 4.79 Å². The Hall–Kier alpha value is -2.25. The zero-order valence-electron chi connectivity index (χ0n) is 13.8. The number of rotatable bonds is 6. The molecule has 0 radical (unpaired) electrons. The van der Waals surface area contributed by atoms with E-state index in [1.165, 1.54) is 11.8 Å². The molecule has 0 aliphatic heterocycles. The predicted molar refractivity (Wildman–Crippen MR) is 98.9 cm³/mol. The maximum Gasteiger partial charge on any atom is 0.234 e. The second-order valence-corrected chi connectivity index (χ2v) is 6.67. The van der Waals surface area contributed by atoms with Crippen molar-refractivity contribution in [1.82, 2.24) is 14.8 Å². The lowest BCUT2D eigenvalue weighted by Crippen LogP contribution is -2.14. The van der Waals surface area contributed by atoms with Crippen molar-refractivity contribution >= 4 is 35.0 Å². The average Bonchev–Trinajstić information content (AvgIpc) is 3.18. The zero-order chi connectivity index (χ0) is 17.8. The minimum atomic E-state index is -0.126. The summed E-state index contributed by atoms with van der Waals surface area (Å²) in [5.74, 6) is 1.64. The van der Waals surface area contributed by atoms with Crippen molar-refractivity contribution in [3.8, 4) is 11.4 Å². The van der Waals surface area contributed by atoms with E-state index in [4.69, 9.17) is 16.0 Å². The summed E-state index contributed by atoms with van der Waals surface area (Å²) < 4.78 is 7.31. The van der Waals surface area contributed by atoms with E-state index in [1.807, 2.05) is 24.5 Å². The number of carbonyl (C=O) groups excluding carboxylic acids is 1. The van der Waals surface area contributed by atoms with Crippen LogP contribution in [0.3, 0.4) is 0 Å². The Balaban J connectivity index is 1.68. The summed E-state index contributed by atoms with van der Waals surface area (Å²) in [6.07, 6.45) is 1.63. The second-order valence-electron chi connectivity index (χ2n) is 5.29. The highest BCUT2D eigenvalue weighted by Gasteiger charge is 2.17. The number of halogens is 1. The van der Waals surface area contributed by atoms with Crippen molar-refractivity contribution in [2.45, 2.75) is 25.5 Å². The number of carbonyl (C=O) groups is 1. The van der Waals surface area contributed by atoms with Gasteiger partial charge in [-0.05, 0) is 38.1 Å². The van der Waals surface area contributed by atoms with Gasteiger partial charge in [-0.1, -0.05) is 29.4 Å². The molecule has 130 valence electrons. The largest absolute Gasteiger partial charge is 0.469 e. The lowest BCUT2D eigenvalue weighted by atomic mass is 10.2. The molecule has 0 atom stereocenters. The number of hydrogen-bond acceptors (Lipinski definition) is 5. The van der Waals surface area contributed by atoms with Gasteiger partial charge in [0.05, 0.1) is 17.6 Å². The number of aryl methyl sites for hydroxylation is 1. The number of nitrogens with zero attached hydrogens (tertiary/aromatic N) is 3. The summed E-state index contributed by atoms with van der Waals surface area (Å²) in [5.41, 5.74) is 1.58. The van der Waals surface area contributed by atoms with Gasteiger partial charge in [0.15, 0.2) is 11.0 Å². The molecule has 0 saturated heterocycles. The van der Waals surface area contributed by atoms with Crippen LogP contribution in [0, 0.1) is 6.92 Å². The van der Waals surface area contributed by atoms with E-state index in [0.717, 1.165) is 17.1 Å². The molecule has 0 unspecified atom stereocenters. The topological polar surface area (TPSA) is 73.0 Å². The molecule has 0 aliphatic carbocycles. The summed E-state index contributed by atoms with van der Waals surface area (Å²) >= 11 is 7.26. The molecule has 0 bridgehead atoms. The summed E-state index contributed by atoms with van der Waals surface area (Å²) in [5, 5.41) is 12.5. The van der Waals surface area contributed by atoms with Crippen molar-refractivity contribution in [1.29, 1.82) is 0 Å². The van der Waals surface area contributed by atoms with Gasteiger partial charge in [0.25, 0.3) is 0 Å². The molecular formula is C17H17ClN4O2S. The number of thioether (sulfide) groups is 1. The molecular weight excluding hydrogens is 360 g/mol. The Morgan fingerprint density at radius 3 is 2.88 bits per heavy atom. The minimum absolute atomic E-state index is 0.126. The van der Waals surface area contributed by atoms with E-state index in [1.54, 1.807) is 30.5 Å². The Labute approximate surface area is 154 Å². The fourth-order valence-corrected chi connectivity index (χ4v) is 3.38. The fourth-order valence-electron chi connectivity index (χ4n) is 2.39. The molecule has 8 heteroatoms. The molecule has 1 N–H and O–H groups in total. The normalized spacial score (nSPS) is 10.8. The lowest BCUT2D eigenvalue weighted by Gasteiger charge is -2.07. The van der Waals surface area contributed by atoms with Crippen LogP contribution < -0.4 is 5.32 Å². The average molecular weight is 377 g/mol. The van der Waals surface area contributed by atoms with E-state index in [-0.39, 0.29) is 11.7 Å². The third kappa shape index (κ3) is 4.05. The van der Waals surface area contributed by atoms with Crippen LogP contribution >= 0.6 is 23.4 Å². The van der Waals surface area contributed by atoms with Crippen molar-refractivity contribution in [2.75, 3.05) is 11.1 Å². The third-order valence-electron chi connectivity index (χ3n) is 3.57. The van der Waals surface area contributed by atoms with Gasteiger partial charge in [-0.2, -0.15) is 0 Å². The van der Waals surface area contributed by atoms with Gasteiger partial charge in [0, 0.05) is 17.3 Å². The molecule has 25 heavy (non-hydrogen) atoms. The fraction of sp³-hybridized carbons (Fsp3) is 0.235. The quantitative estimate of drug-likeness (QED) is 0.651. The lowest BCUT2D eigenvalue weighted by molar-refractivity contribution is -0.113. The first kappa shape index (κ1) is 17.6. The van der Waals surface area contributed by atoms with Crippen molar-refractivity contribution < 1.29 is 9.21 Å². The summed E-state index contributed by atoms with van der Waals surface area (Å²) in [6.45, 7) is 4.60. The van der Waals surface area contributed by atoms with Crippen LogP contribution in [0.5, 0.6) is 0 Å². The van der Waals surface area contributed by atoms with Gasteiger partial charge < -0.3 is 14.3 Å². The first-order valence-electron chi connectivity index (χ1n) is 7.74. The Morgan fingerprint density at radius 1 is 1.36 bits per heavy atom. The van der Waals surface area contributed by atoms with Gasteiger partial charge in [-0.3, -0.25) is 4.79 Å². The molecule has 2 aromatic heterocycles. The van der Waals surface area contributed by atoms with Gasteiger partial charge >= 0.3 is 0 Å². The highest BCUT2D eigenvalue weighted by molar-refractivity contribution is 7.99. The Bertz CT molecular complexity index is 890. The van der Waals surface area contributed by atoms with E-state index in [2.05, 4.69) is 15.5 Å². The molecule has 0 aliphatic rings. The van der Waals surface area contributed by atoms with E-state index in [0.29, 0.717) is 22.4 Å². The first-order valence-corrected chi connectivity index (χ1v) is 9.10. The number of benzene rings is 1. The van der Waals surface area contributed by atoms with E-state index < -0.39 is 0 Å². The highest BCUT2D eigenvalue weighted by atomic mass is 35.5. The smallest absolute Gasteiger partial charge is 0.234 e. The van der Waals surface area contributed by atoms with Gasteiger partial charge in [0.1, 0.15) is 5.76 Å². The Morgan fingerprint density at radius 2 is 2.20 bits per heavy atom. The standard InChI is InChI=1S/C17H17ClN4O2S/c1-3-22-16(14-7-8-24-11(14)2)20-21-17(22)25-10-15(23)19-13-6-4-5-12(18)9-13/h4-9H,3,10H2,1-2H3,(H,19,23). The zero-order valence-corrected chi connectivity index (χ0v) is 15.4. The van der Waals surface area contributed by atoms with Crippen molar-refractivity contribution in [3.05, 3.63) is 47.4 Å². The molecule has 2 heterocycles. The van der Waals surface area contributed by atoms with Gasteiger partial charge in [-0.25, -0.2) is 0 Å². The summed E-state index contributed by atoms with van der Waals surface area (Å²) in [6, 6.07) is 8.92. The molecule has 1 amide bonds. The third-order valence-corrected chi connectivity index (χ3v) is 4.78. The minimum Gasteiger partial charge on any atom is -0.469 e. The number of hydrogen-bond donors (Lipinski definition) is 1. The number of anilines is 1. The van der Waals surface area contributed by atoms with Gasteiger partial charge in [0.2, 0.25) is 5.91 Å². The monoisotopic (exact) mass is 376 g/mol. The maximum absolute atomic E-state index is 12.1. The number of amides is 1. The number of furan rings is 1. The van der Waals surface area contributed by atoms with Crippen LogP contribution in [0.4, 0.5) is 5.69 Å². The van der Waals surface area contributed by atoms with Crippen LogP contribution in [0.1, 0.15) is 12.7 Å². The molecule has 0 fully saturated rings. The van der Waals surface area contributed by atoms with Crippen LogP contribution in [0.15, 0.2) is 46.2 Å².